The normalized spacial score (nSPS) is 32.2. The first-order chi connectivity index (χ1) is 8.33. The minimum absolute atomic E-state index is 0.608. The van der Waals surface area contributed by atoms with E-state index in [9.17, 15) is 0 Å². The Hall–Kier alpha value is -0.590. The first-order valence-corrected chi connectivity index (χ1v) is 7.16. The smallest absolute Gasteiger partial charge is 0.0866 e. The molecule has 1 aliphatic carbocycles. The van der Waals surface area contributed by atoms with Gasteiger partial charge in [-0.05, 0) is 31.6 Å². The first-order valence-electron chi connectivity index (χ1n) is 7.16. The highest BCUT2D eigenvalue weighted by molar-refractivity contribution is 4.85. The molecule has 1 saturated carbocycles. The average Bonchev–Trinajstić information content (AvgIpc) is 2.40. The second-order valence-corrected chi connectivity index (χ2v) is 5.55. The van der Waals surface area contributed by atoms with Crippen LogP contribution in [0.4, 0.5) is 0 Å². The van der Waals surface area contributed by atoms with Crippen molar-refractivity contribution < 1.29 is 0 Å². The van der Waals surface area contributed by atoms with Crippen molar-refractivity contribution >= 4 is 0 Å². The van der Waals surface area contributed by atoms with Gasteiger partial charge in [0.1, 0.15) is 0 Å². The minimum Gasteiger partial charge on any atom is -0.298 e. The topological polar surface area (TPSA) is 30.3 Å². The van der Waals surface area contributed by atoms with Crippen molar-refractivity contribution in [3.63, 3.8) is 0 Å². The standard InChI is InChI=1S/C14H25N3/c1-2-13-3-5-14(6-4-13)17-11-9-16(8-7-15)10-12-17/h13-14H,2-6,8-12H2,1H3. The molecule has 3 nitrogen and oxygen atoms in total. The van der Waals surface area contributed by atoms with Crippen LogP contribution in [0.5, 0.6) is 0 Å². The zero-order valence-electron chi connectivity index (χ0n) is 11.1. The van der Waals surface area contributed by atoms with Gasteiger partial charge in [0.25, 0.3) is 0 Å². The van der Waals surface area contributed by atoms with Crippen LogP contribution in [-0.2, 0) is 0 Å². The molecule has 0 aromatic heterocycles. The molecule has 2 fully saturated rings. The molecule has 2 rings (SSSR count). The Balaban J connectivity index is 1.72. The molecule has 0 bridgehead atoms. The maximum absolute atomic E-state index is 8.68. The summed E-state index contributed by atoms with van der Waals surface area (Å²) in [5.41, 5.74) is 0. The van der Waals surface area contributed by atoms with Crippen LogP contribution >= 0.6 is 0 Å². The van der Waals surface area contributed by atoms with E-state index in [0.29, 0.717) is 6.54 Å². The summed E-state index contributed by atoms with van der Waals surface area (Å²) in [7, 11) is 0. The number of rotatable bonds is 3. The second kappa shape index (κ2) is 6.37. The molecular weight excluding hydrogens is 210 g/mol. The lowest BCUT2D eigenvalue weighted by Gasteiger charge is -2.41. The van der Waals surface area contributed by atoms with Gasteiger partial charge in [-0.1, -0.05) is 13.3 Å². The summed E-state index contributed by atoms with van der Waals surface area (Å²) < 4.78 is 0. The van der Waals surface area contributed by atoms with Crippen LogP contribution in [0, 0.1) is 17.2 Å². The molecule has 0 unspecified atom stereocenters. The van der Waals surface area contributed by atoms with Gasteiger partial charge in [0, 0.05) is 32.2 Å². The maximum Gasteiger partial charge on any atom is 0.0866 e. The molecule has 1 heterocycles. The van der Waals surface area contributed by atoms with E-state index < -0.39 is 0 Å². The van der Waals surface area contributed by atoms with Gasteiger partial charge in [-0.2, -0.15) is 5.26 Å². The van der Waals surface area contributed by atoms with Gasteiger partial charge in [0.2, 0.25) is 0 Å². The van der Waals surface area contributed by atoms with E-state index in [1.54, 1.807) is 0 Å². The molecule has 17 heavy (non-hydrogen) atoms. The van der Waals surface area contributed by atoms with Gasteiger partial charge in [0.05, 0.1) is 12.6 Å². The molecule has 0 aromatic rings. The summed E-state index contributed by atoms with van der Waals surface area (Å²) in [4.78, 5) is 4.94. The van der Waals surface area contributed by atoms with E-state index in [1.807, 2.05) is 0 Å². The molecule has 0 N–H and O–H groups in total. The van der Waals surface area contributed by atoms with Crippen molar-refractivity contribution in [3.8, 4) is 6.07 Å². The van der Waals surface area contributed by atoms with Gasteiger partial charge in [-0.15, -0.1) is 0 Å². The van der Waals surface area contributed by atoms with E-state index in [1.165, 1.54) is 45.2 Å². The molecule has 1 aliphatic heterocycles. The zero-order chi connectivity index (χ0) is 12.1. The average molecular weight is 235 g/mol. The maximum atomic E-state index is 8.68. The van der Waals surface area contributed by atoms with Crippen LogP contribution in [0.15, 0.2) is 0 Å². The Bertz CT molecular complexity index is 255. The van der Waals surface area contributed by atoms with E-state index in [2.05, 4.69) is 22.8 Å². The van der Waals surface area contributed by atoms with Gasteiger partial charge in [0.15, 0.2) is 0 Å². The Morgan fingerprint density at radius 1 is 1.06 bits per heavy atom. The third-order valence-electron chi connectivity index (χ3n) is 4.61. The fraction of sp³-hybridized carbons (Fsp3) is 0.929. The Kier molecular flexibility index (Phi) is 4.82. The van der Waals surface area contributed by atoms with Crippen molar-refractivity contribution in [2.75, 3.05) is 32.7 Å². The molecule has 2 aliphatic rings. The van der Waals surface area contributed by atoms with E-state index in [4.69, 9.17) is 5.26 Å². The predicted molar refractivity (Wildman–Crippen MR) is 69.7 cm³/mol. The molecule has 0 radical (unpaired) electrons. The summed E-state index contributed by atoms with van der Waals surface area (Å²) in [5.74, 6) is 0.992. The van der Waals surface area contributed by atoms with Crippen molar-refractivity contribution in [1.29, 1.82) is 5.26 Å². The third kappa shape index (κ3) is 3.43. The van der Waals surface area contributed by atoms with Crippen molar-refractivity contribution in [2.24, 2.45) is 5.92 Å². The lowest BCUT2D eigenvalue weighted by Crippen LogP contribution is -2.51. The van der Waals surface area contributed by atoms with Crippen LogP contribution in [0.3, 0.4) is 0 Å². The van der Waals surface area contributed by atoms with Crippen LogP contribution in [0.1, 0.15) is 39.0 Å². The molecule has 1 saturated heterocycles. The van der Waals surface area contributed by atoms with E-state index in [-0.39, 0.29) is 0 Å². The highest BCUT2D eigenvalue weighted by atomic mass is 15.3. The quantitative estimate of drug-likeness (QED) is 0.702. The number of piperazine rings is 1. The van der Waals surface area contributed by atoms with Crippen molar-refractivity contribution in [2.45, 2.75) is 45.1 Å². The number of nitriles is 1. The third-order valence-corrected chi connectivity index (χ3v) is 4.61. The zero-order valence-corrected chi connectivity index (χ0v) is 11.1. The molecule has 0 atom stereocenters. The summed E-state index contributed by atoms with van der Waals surface area (Å²) in [6.07, 6.45) is 7.02. The largest absolute Gasteiger partial charge is 0.298 e. The highest BCUT2D eigenvalue weighted by Gasteiger charge is 2.27. The van der Waals surface area contributed by atoms with Crippen LogP contribution in [-0.4, -0.2) is 48.6 Å². The molecule has 0 spiro atoms. The predicted octanol–water partition coefficient (Wildman–Crippen LogP) is 2.10. The van der Waals surface area contributed by atoms with Crippen LogP contribution in [0.25, 0.3) is 0 Å². The Morgan fingerprint density at radius 2 is 1.71 bits per heavy atom. The molecule has 0 aromatic carbocycles. The van der Waals surface area contributed by atoms with Crippen molar-refractivity contribution in [3.05, 3.63) is 0 Å². The number of hydrogen-bond donors (Lipinski definition) is 0. The molecular formula is C14H25N3. The van der Waals surface area contributed by atoms with E-state index >= 15 is 0 Å². The molecule has 3 heteroatoms. The summed E-state index contributed by atoms with van der Waals surface area (Å²) in [6.45, 7) is 7.44. The Labute approximate surface area is 105 Å². The van der Waals surface area contributed by atoms with Crippen LogP contribution in [0.2, 0.25) is 0 Å². The lowest BCUT2D eigenvalue weighted by molar-refractivity contribution is 0.0757. The minimum atomic E-state index is 0.608. The van der Waals surface area contributed by atoms with Gasteiger partial charge < -0.3 is 0 Å². The van der Waals surface area contributed by atoms with Gasteiger partial charge in [-0.3, -0.25) is 9.80 Å². The fourth-order valence-electron chi connectivity index (χ4n) is 3.30. The fourth-order valence-corrected chi connectivity index (χ4v) is 3.30. The summed E-state index contributed by atoms with van der Waals surface area (Å²) in [5, 5.41) is 8.68. The van der Waals surface area contributed by atoms with E-state index in [0.717, 1.165) is 25.0 Å². The lowest BCUT2D eigenvalue weighted by atomic mass is 9.84. The van der Waals surface area contributed by atoms with Gasteiger partial charge >= 0.3 is 0 Å². The monoisotopic (exact) mass is 235 g/mol. The highest BCUT2D eigenvalue weighted by Crippen LogP contribution is 2.29. The Morgan fingerprint density at radius 3 is 2.24 bits per heavy atom. The van der Waals surface area contributed by atoms with Crippen LogP contribution < -0.4 is 0 Å². The number of hydrogen-bond acceptors (Lipinski definition) is 3. The molecule has 96 valence electrons. The summed E-state index contributed by atoms with van der Waals surface area (Å²) in [6, 6.07) is 3.09. The van der Waals surface area contributed by atoms with Gasteiger partial charge in [-0.25, -0.2) is 0 Å². The second-order valence-electron chi connectivity index (χ2n) is 5.55. The number of nitrogens with zero attached hydrogens (tertiary/aromatic N) is 3. The first kappa shape index (κ1) is 12.9. The molecule has 0 amide bonds. The van der Waals surface area contributed by atoms with Crippen molar-refractivity contribution in [1.82, 2.24) is 9.80 Å². The summed E-state index contributed by atoms with van der Waals surface area (Å²) >= 11 is 0. The SMILES string of the molecule is CCC1CCC(N2CCN(CC#N)CC2)CC1.